The van der Waals surface area contributed by atoms with E-state index in [1.54, 1.807) is 0 Å². The molecule has 0 fully saturated rings. The van der Waals surface area contributed by atoms with E-state index in [-0.39, 0.29) is 0 Å². The van der Waals surface area contributed by atoms with E-state index in [1.165, 1.54) is 19.3 Å². The van der Waals surface area contributed by atoms with Crippen LogP contribution in [-0.2, 0) is 0 Å². The molecule has 0 radical (unpaired) electrons. The average Bonchev–Trinajstić information content (AvgIpc) is 1.89. The third-order valence-corrected chi connectivity index (χ3v) is 1.92. The quantitative estimate of drug-likeness (QED) is 0.626. The van der Waals surface area contributed by atoms with Crippen molar-refractivity contribution in [2.45, 2.75) is 39.5 Å². The molecule has 1 nitrogen and oxygen atoms in total. The molecule has 0 amide bonds. The minimum atomic E-state index is 0.556. The lowest BCUT2D eigenvalue weighted by Crippen LogP contribution is -2.09. The van der Waals surface area contributed by atoms with Gasteiger partial charge in [0.25, 0.3) is 0 Å². The van der Waals surface area contributed by atoms with Crippen molar-refractivity contribution in [3.8, 4) is 0 Å². The lowest BCUT2D eigenvalue weighted by molar-refractivity contribution is 0.512. The van der Waals surface area contributed by atoms with E-state index in [1.807, 2.05) is 0 Å². The largest absolute Gasteiger partial charge is 0.402 e. The van der Waals surface area contributed by atoms with Crippen molar-refractivity contribution < 1.29 is 0 Å². The van der Waals surface area contributed by atoms with Crippen molar-refractivity contribution in [3.05, 3.63) is 12.3 Å². The van der Waals surface area contributed by atoms with Crippen LogP contribution in [0, 0.1) is 5.92 Å². The standard InChI is InChI=1S/C9H19N/c1-4-6-7-9(5-2)8(3)10/h9H,3-7,10H2,1-2H3. The molecule has 0 saturated carbocycles. The maximum atomic E-state index is 5.59. The fourth-order valence-electron chi connectivity index (χ4n) is 1.10. The van der Waals surface area contributed by atoms with E-state index in [4.69, 9.17) is 5.73 Å². The summed E-state index contributed by atoms with van der Waals surface area (Å²) in [5, 5.41) is 0. The van der Waals surface area contributed by atoms with Gasteiger partial charge in [-0.1, -0.05) is 33.3 Å². The normalized spacial score (nSPS) is 13.0. The highest BCUT2D eigenvalue weighted by Gasteiger charge is 2.05. The van der Waals surface area contributed by atoms with Crippen molar-refractivity contribution in [2.75, 3.05) is 0 Å². The summed E-state index contributed by atoms with van der Waals surface area (Å²) in [5.41, 5.74) is 6.45. The molecule has 0 rings (SSSR count). The van der Waals surface area contributed by atoms with E-state index in [0.717, 1.165) is 12.1 Å². The minimum absolute atomic E-state index is 0.556. The Balaban J connectivity index is 3.50. The van der Waals surface area contributed by atoms with Crippen LogP contribution >= 0.6 is 0 Å². The molecular formula is C9H19N. The van der Waals surface area contributed by atoms with Gasteiger partial charge in [-0.2, -0.15) is 0 Å². The van der Waals surface area contributed by atoms with Crippen LogP contribution in [0.2, 0.25) is 0 Å². The van der Waals surface area contributed by atoms with E-state index in [0.29, 0.717) is 5.92 Å². The fourth-order valence-corrected chi connectivity index (χ4v) is 1.10. The summed E-state index contributed by atoms with van der Waals surface area (Å²) in [5.74, 6) is 0.556. The monoisotopic (exact) mass is 141 g/mol. The van der Waals surface area contributed by atoms with Crippen LogP contribution in [-0.4, -0.2) is 0 Å². The summed E-state index contributed by atoms with van der Waals surface area (Å²) < 4.78 is 0. The van der Waals surface area contributed by atoms with Crippen LogP contribution in [0.3, 0.4) is 0 Å². The number of rotatable bonds is 5. The Bertz CT molecular complexity index is 96.9. The zero-order valence-electron chi connectivity index (χ0n) is 7.19. The third-order valence-electron chi connectivity index (χ3n) is 1.92. The van der Waals surface area contributed by atoms with Crippen molar-refractivity contribution in [3.63, 3.8) is 0 Å². The van der Waals surface area contributed by atoms with Gasteiger partial charge in [-0.15, -0.1) is 0 Å². The summed E-state index contributed by atoms with van der Waals surface area (Å²) in [4.78, 5) is 0. The molecule has 60 valence electrons. The number of hydrogen-bond acceptors (Lipinski definition) is 1. The summed E-state index contributed by atoms with van der Waals surface area (Å²) in [6, 6.07) is 0. The first kappa shape index (κ1) is 9.54. The predicted molar refractivity (Wildman–Crippen MR) is 46.6 cm³/mol. The highest BCUT2D eigenvalue weighted by molar-refractivity contribution is 4.93. The Morgan fingerprint density at radius 1 is 1.50 bits per heavy atom. The van der Waals surface area contributed by atoms with E-state index < -0.39 is 0 Å². The lowest BCUT2D eigenvalue weighted by Gasteiger charge is -2.12. The zero-order chi connectivity index (χ0) is 7.98. The highest BCUT2D eigenvalue weighted by Crippen LogP contribution is 2.16. The van der Waals surface area contributed by atoms with Crippen LogP contribution in [0.5, 0.6) is 0 Å². The fraction of sp³-hybridized carbons (Fsp3) is 0.778. The highest BCUT2D eigenvalue weighted by atomic mass is 14.6. The second-order valence-electron chi connectivity index (χ2n) is 2.82. The summed E-state index contributed by atoms with van der Waals surface area (Å²) in [6.07, 6.45) is 4.87. The van der Waals surface area contributed by atoms with Crippen LogP contribution in [0.25, 0.3) is 0 Å². The van der Waals surface area contributed by atoms with Crippen molar-refractivity contribution in [1.29, 1.82) is 0 Å². The molecule has 2 N–H and O–H groups in total. The van der Waals surface area contributed by atoms with Crippen molar-refractivity contribution in [1.82, 2.24) is 0 Å². The summed E-state index contributed by atoms with van der Waals surface area (Å²) in [7, 11) is 0. The molecule has 1 heteroatoms. The topological polar surface area (TPSA) is 26.0 Å². The van der Waals surface area contributed by atoms with Gasteiger partial charge in [0, 0.05) is 5.70 Å². The Kier molecular flexibility index (Phi) is 5.09. The molecule has 0 aromatic carbocycles. The molecule has 1 atom stereocenters. The molecule has 0 aromatic heterocycles. The van der Waals surface area contributed by atoms with Crippen LogP contribution in [0.15, 0.2) is 12.3 Å². The van der Waals surface area contributed by atoms with Gasteiger partial charge < -0.3 is 5.73 Å². The first-order chi connectivity index (χ1) is 4.72. The predicted octanol–water partition coefficient (Wildman–Crippen LogP) is 2.68. The molecule has 1 unspecified atom stereocenters. The molecule has 0 spiro atoms. The molecule has 0 bridgehead atoms. The van der Waals surface area contributed by atoms with Gasteiger partial charge in [0.15, 0.2) is 0 Å². The lowest BCUT2D eigenvalue weighted by atomic mass is 9.97. The first-order valence-corrected chi connectivity index (χ1v) is 4.16. The third kappa shape index (κ3) is 3.54. The zero-order valence-corrected chi connectivity index (χ0v) is 7.19. The Labute approximate surface area is 64.3 Å². The smallest absolute Gasteiger partial charge is 0.00389 e. The molecule has 0 aliphatic rings. The van der Waals surface area contributed by atoms with Crippen LogP contribution in [0.4, 0.5) is 0 Å². The molecule has 0 aliphatic carbocycles. The minimum Gasteiger partial charge on any atom is -0.402 e. The summed E-state index contributed by atoms with van der Waals surface area (Å²) >= 11 is 0. The van der Waals surface area contributed by atoms with Gasteiger partial charge in [0.2, 0.25) is 0 Å². The maximum Gasteiger partial charge on any atom is 0.00389 e. The van der Waals surface area contributed by atoms with E-state index >= 15 is 0 Å². The van der Waals surface area contributed by atoms with E-state index in [2.05, 4.69) is 20.4 Å². The second kappa shape index (κ2) is 5.33. The Hall–Kier alpha value is -0.460. The van der Waals surface area contributed by atoms with Gasteiger partial charge in [0.1, 0.15) is 0 Å². The average molecular weight is 141 g/mol. The summed E-state index contributed by atoms with van der Waals surface area (Å²) in [6.45, 7) is 8.12. The molecule has 0 aromatic rings. The van der Waals surface area contributed by atoms with Gasteiger partial charge in [-0.05, 0) is 18.8 Å². The Morgan fingerprint density at radius 2 is 2.10 bits per heavy atom. The SMILES string of the molecule is C=C(N)C(CC)CCCC. The second-order valence-corrected chi connectivity index (χ2v) is 2.82. The van der Waals surface area contributed by atoms with Crippen LogP contribution in [0.1, 0.15) is 39.5 Å². The van der Waals surface area contributed by atoms with Gasteiger partial charge in [-0.25, -0.2) is 0 Å². The van der Waals surface area contributed by atoms with Gasteiger partial charge in [-0.3, -0.25) is 0 Å². The number of nitrogens with two attached hydrogens (primary N) is 1. The number of hydrogen-bond donors (Lipinski definition) is 1. The maximum absolute atomic E-state index is 5.59. The molecule has 0 aliphatic heterocycles. The number of unbranched alkanes of at least 4 members (excludes halogenated alkanes) is 1. The molecule has 0 saturated heterocycles. The first-order valence-electron chi connectivity index (χ1n) is 4.16. The van der Waals surface area contributed by atoms with Crippen molar-refractivity contribution >= 4 is 0 Å². The molecule has 10 heavy (non-hydrogen) atoms. The van der Waals surface area contributed by atoms with Crippen LogP contribution < -0.4 is 5.73 Å². The molecule has 0 heterocycles. The van der Waals surface area contributed by atoms with Gasteiger partial charge >= 0.3 is 0 Å². The number of allylic oxidation sites excluding steroid dienone is 1. The van der Waals surface area contributed by atoms with Crippen molar-refractivity contribution in [2.24, 2.45) is 11.7 Å². The molecular weight excluding hydrogens is 122 g/mol. The van der Waals surface area contributed by atoms with E-state index in [9.17, 15) is 0 Å². The van der Waals surface area contributed by atoms with Gasteiger partial charge in [0.05, 0.1) is 0 Å². The Morgan fingerprint density at radius 3 is 2.40 bits per heavy atom.